The smallest absolute Gasteiger partial charge is 0.214 e. The Morgan fingerprint density at radius 3 is 2.88 bits per heavy atom. The molecule has 1 amide bonds. The summed E-state index contributed by atoms with van der Waals surface area (Å²) in [5.74, 6) is -0.597. The molecule has 0 spiro atoms. The van der Waals surface area contributed by atoms with Gasteiger partial charge >= 0.3 is 0 Å². The van der Waals surface area contributed by atoms with E-state index in [1.54, 1.807) is 0 Å². The molecule has 0 saturated heterocycles. The highest BCUT2D eigenvalue weighted by molar-refractivity contribution is 6.30. The Bertz CT molecular complexity index is 452. The maximum Gasteiger partial charge on any atom is 0.214 e. The van der Waals surface area contributed by atoms with E-state index < -0.39 is 18.0 Å². The second-order valence-corrected chi connectivity index (χ2v) is 3.55. The summed E-state index contributed by atoms with van der Waals surface area (Å²) in [5, 5.41) is 15.9. The average Bonchev–Trinajstić information content (AvgIpc) is 2.22. The molecular formula is C9H8ClFN4O2. The van der Waals surface area contributed by atoms with Crippen molar-refractivity contribution in [1.82, 2.24) is 10.2 Å². The standard InChI is InChI=1S/C9H8ClFN4O2/c10-6-1-5(2-7(11)3-6)8(4-13-15-12)14-9(16)17/h1-3,8,12,14H,4H2. The van der Waals surface area contributed by atoms with Gasteiger partial charge in [-0.3, -0.25) is 0 Å². The number of benzene rings is 1. The largest absolute Gasteiger partial charge is 0.530 e. The van der Waals surface area contributed by atoms with Crippen LogP contribution >= 0.6 is 11.6 Å². The fourth-order valence-corrected chi connectivity index (χ4v) is 1.51. The van der Waals surface area contributed by atoms with Crippen LogP contribution in [0.2, 0.25) is 5.02 Å². The molecule has 0 fully saturated rings. The first-order valence-corrected chi connectivity index (χ1v) is 4.87. The minimum atomic E-state index is -1.53. The van der Waals surface area contributed by atoms with Crippen molar-refractivity contribution in [2.24, 2.45) is 5.11 Å². The number of carboxylic acid groups (broad SMARTS) is 1. The highest BCUT2D eigenvalue weighted by Crippen LogP contribution is 2.20. The van der Waals surface area contributed by atoms with Crippen LogP contribution in [0.3, 0.4) is 0 Å². The van der Waals surface area contributed by atoms with Crippen molar-refractivity contribution in [2.75, 3.05) is 6.54 Å². The summed E-state index contributed by atoms with van der Waals surface area (Å²) in [6, 6.07) is 2.74. The zero-order valence-electron chi connectivity index (χ0n) is 8.48. The van der Waals surface area contributed by atoms with E-state index in [2.05, 4.69) is 10.0 Å². The first-order chi connectivity index (χ1) is 8.02. The molecule has 0 aliphatic heterocycles. The zero-order chi connectivity index (χ0) is 12.8. The van der Waals surface area contributed by atoms with Crippen molar-refractivity contribution in [3.8, 4) is 0 Å². The van der Waals surface area contributed by atoms with Gasteiger partial charge in [0.2, 0.25) is 4.91 Å². The van der Waals surface area contributed by atoms with E-state index in [9.17, 15) is 14.3 Å². The van der Waals surface area contributed by atoms with Gasteiger partial charge in [-0.2, -0.15) is 0 Å². The van der Waals surface area contributed by atoms with Crippen LogP contribution < -0.4 is 15.3 Å². The highest BCUT2D eigenvalue weighted by atomic mass is 35.5. The number of nitrogens with zero attached hydrogens (tertiary/aromatic N) is 2. The second kappa shape index (κ2) is 5.93. The number of carbonyl (C=O) groups excluding carboxylic acids is 1. The Kier molecular flexibility index (Phi) is 4.56. The monoisotopic (exact) mass is 258 g/mol. The lowest BCUT2D eigenvalue weighted by Crippen LogP contribution is -2.40. The summed E-state index contributed by atoms with van der Waals surface area (Å²) >= 11 is 5.64. The molecule has 0 radical (unpaired) electrons. The van der Waals surface area contributed by atoms with Crippen LogP contribution in [0.4, 0.5) is 9.18 Å². The molecule has 0 bridgehead atoms. The Labute approximate surface area is 101 Å². The van der Waals surface area contributed by atoms with E-state index in [0.29, 0.717) is 0 Å². The maximum absolute atomic E-state index is 13.1. The molecule has 1 aromatic rings. The Balaban J connectivity index is 3.01. The van der Waals surface area contributed by atoms with Gasteiger partial charge in [-0.05, 0) is 23.8 Å². The minimum Gasteiger partial charge on any atom is -0.530 e. The van der Waals surface area contributed by atoms with Gasteiger partial charge < -0.3 is 15.2 Å². The lowest BCUT2D eigenvalue weighted by molar-refractivity contribution is -0.251. The van der Waals surface area contributed by atoms with E-state index in [0.717, 1.165) is 12.1 Å². The number of halogens is 2. The van der Waals surface area contributed by atoms with E-state index >= 15 is 0 Å². The lowest BCUT2D eigenvalue weighted by atomic mass is 10.1. The molecule has 90 valence electrons. The molecule has 8 heteroatoms. The van der Waals surface area contributed by atoms with Gasteiger partial charge in [-0.15, -0.1) is 0 Å². The molecule has 0 heterocycles. The molecule has 2 N–H and O–H groups in total. The third kappa shape index (κ3) is 4.18. The van der Waals surface area contributed by atoms with Crippen molar-refractivity contribution >= 4 is 17.7 Å². The molecule has 0 saturated carbocycles. The number of nitrogens with one attached hydrogen (secondary N) is 2. The topological polar surface area (TPSA) is 102 Å². The van der Waals surface area contributed by atoms with E-state index in [1.807, 2.05) is 5.32 Å². The van der Waals surface area contributed by atoms with Gasteiger partial charge in [-0.1, -0.05) is 11.6 Å². The van der Waals surface area contributed by atoms with Gasteiger partial charge in [0.25, 0.3) is 0 Å². The first kappa shape index (κ1) is 13.1. The van der Waals surface area contributed by atoms with E-state index in [-0.39, 0.29) is 17.1 Å². The molecule has 0 aliphatic rings. The quantitative estimate of drug-likeness (QED) is 0.622. The van der Waals surface area contributed by atoms with Crippen molar-refractivity contribution in [3.05, 3.63) is 34.6 Å². The van der Waals surface area contributed by atoms with E-state index in [1.165, 1.54) is 6.07 Å². The van der Waals surface area contributed by atoms with Gasteiger partial charge in [0.1, 0.15) is 29.1 Å². The number of rotatable bonds is 4. The van der Waals surface area contributed by atoms with Crippen LogP contribution in [0.25, 0.3) is 0 Å². The molecule has 6 nitrogen and oxygen atoms in total. The third-order valence-corrected chi connectivity index (χ3v) is 2.13. The van der Waals surface area contributed by atoms with Crippen molar-refractivity contribution in [1.29, 1.82) is 5.53 Å². The number of hydrogen-bond donors (Lipinski definition) is 2. The fourth-order valence-electron chi connectivity index (χ4n) is 1.28. The van der Waals surface area contributed by atoms with Gasteiger partial charge in [-0.25, -0.2) is 4.39 Å². The predicted molar refractivity (Wildman–Crippen MR) is 54.8 cm³/mol. The van der Waals surface area contributed by atoms with Gasteiger partial charge in [0.15, 0.2) is 0 Å². The second-order valence-electron chi connectivity index (χ2n) is 3.11. The summed E-state index contributed by atoms with van der Waals surface area (Å²) in [6.07, 6.45) is -1.53. The van der Waals surface area contributed by atoms with Crippen molar-refractivity contribution < 1.29 is 14.3 Å². The summed E-state index contributed by atoms with van der Waals surface area (Å²) < 4.78 is 13.1. The molecule has 1 aromatic carbocycles. The van der Waals surface area contributed by atoms with Crippen molar-refractivity contribution in [3.63, 3.8) is 0 Å². The van der Waals surface area contributed by atoms with Gasteiger partial charge in [0.05, 0.1) is 6.04 Å². The Hall–Kier alpha value is -1.98. The summed E-state index contributed by atoms with van der Waals surface area (Å²) in [7, 11) is 0. The highest BCUT2D eigenvalue weighted by Gasteiger charge is 2.14. The zero-order valence-corrected chi connectivity index (χ0v) is 9.24. The van der Waals surface area contributed by atoms with Crippen LogP contribution in [0.15, 0.2) is 23.3 Å². The molecule has 1 rings (SSSR count). The molecular weight excluding hydrogens is 251 g/mol. The number of hydrogen-bond acceptors (Lipinski definition) is 4. The number of amides is 1. The minimum absolute atomic E-state index is 0.132. The van der Waals surface area contributed by atoms with E-state index in [4.69, 9.17) is 17.1 Å². The van der Waals surface area contributed by atoms with Crippen LogP contribution in [-0.4, -0.2) is 12.6 Å². The maximum atomic E-state index is 13.1. The predicted octanol–water partition coefficient (Wildman–Crippen LogP) is 1.00. The number of carbonyl (C=O) groups is 1. The molecule has 0 aromatic heterocycles. The Morgan fingerprint density at radius 1 is 1.65 bits per heavy atom. The van der Waals surface area contributed by atoms with Crippen LogP contribution in [-0.2, 0) is 0 Å². The SMILES string of the molecule is N=[N+]=NCC(NC(=O)[O-])c1cc(F)cc(Cl)c1. The molecule has 1 unspecified atom stereocenters. The molecule has 17 heavy (non-hydrogen) atoms. The van der Waals surface area contributed by atoms with Crippen LogP contribution in [0.5, 0.6) is 0 Å². The molecule has 1 atom stereocenters. The lowest BCUT2D eigenvalue weighted by Gasteiger charge is -2.17. The van der Waals surface area contributed by atoms with Crippen LogP contribution in [0, 0.1) is 11.3 Å². The third-order valence-electron chi connectivity index (χ3n) is 1.91. The summed E-state index contributed by atoms with van der Waals surface area (Å²) in [6.45, 7) is -0.142. The summed E-state index contributed by atoms with van der Waals surface area (Å²) in [4.78, 5) is 13.2. The summed E-state index contributed by atoms with van der Waals surface area (Å²) in [5.41, 5.74) is 6.78. The van der Waals surface area contributed by atoms with Crippen LogP contribution in [0.1, 0.15) is 11.6 Å². The van der Waals surface area contributed by atoms with Crippen molar-refractivity contribution in [2.45, 2.75) is 6.04 Å². The van der Waals surface area contributed by atoms with Gasteiger partial charge in [0, 0.05) is 5.02 Å². The average molecular weight is 259 g/mol. The fraction of sp³-hybridized carbons (Fsp3) is 0.222. The Morgan fingerprint density at radius 2 is 2.35 bits per heavy atom. The molecule has 0 aliphatic carbocycles. The normalized spacial score (nSPS) is 11.4. The first-order valence-electron chi connectivity index (χ1n) is 4.49.